The molecule has 4 amide bonds. The number of rotatable bonds is 11. The number of alkyl halides is 1. The molecule has 0 radical (unpaired) electrons. The number of carbonyl (C=O) groups is 4. The van der Waals surface area contributed by atoms with E-state index in [9.17, 15) is 23.6 Å². The standard InChI is InChI=1S/C43H41FN8O5/c1-57-43(56)47-23-38(54)51-17-5-8-36(51)40-45-22-35(50-40)32-16-15-30-18-29(13-14-31(30)19-32)26-9-11-27(12-10-26)34-21-46-41(49-34)37-20-33(44)24-52(37)42(55)39(48-25-53)28-6-3-2-4-7-28/h2-4,6-7,9-16,18-19,21-22,25,33,36-37,39H,5,8,17,20,23-24H2,1H3,(H,45,50)(H,46,49)(H,47,56)(H,48,53). The summed E-state index contributed by atoms with van der Waals surface area (Å²) in [5.74, 6) is 0.622. The number of carbonyl (C=O) groups excluding carboxylic acids is 4. The highest BCUT2D eigenvalue weighted by molar-refractivity contribution is 5.91. The molecule has 14 heteroatoms. The van der Waals surface area contributed by atoms with Gasteiger partial charge in [0, 0.05) is 18.5 Å². The lowest BCUT2D eigenvalue weighted by Crippen LogP contribution is -2.41. The molecule has 4 aromatic carbocycles. The average Bonchev–Trinajstić information content (AvgIpc) is 4.09. The Morgan fingerprint density at radius 1 is 0.842 bits per heavy atom. The third-order valence-electron chi connectivity index (χ3n) is 10.8. The fourth-order valence-corrected chi connectivity index (χ4v) is 7.89. The molecule has 4 heterocycles. The number of halogens is 1. The number of fused-ring (bicyclic) bond motifs is 1. The lowest BCUT2D eigenvalue weighted by molar-refractivity contribution is -0.136. The fourth-order valence-electron chi connectivity index (χ4n) is 7.89. The molecule has 0 saturated carbocycles. The van der Waals surface area contributed by atoms with Gasteiger partial charge in [-0.2, -0.15) is 0 Å². The Labute approximate surface area is 327 Å². The van der Waals surface area contributed by atoms with Crippen LogP contribution >= 0.6 is 0 Å². The van der Waals surface area contributed by atoms with Crippen LogP contribution in [0.15, 0.2) is 103 Å². The van der Waals surface area contributed by atoms with Crippen molar-refractivity contribution >= 4 is 35.1 Å². The van der Waals surface area contributed by atoms with Gasteiger partial charge in [-0.15, -0.1) is 0 Å². The molecule has 4 atom stereocenters. The minimum absolute atomic E-state index is 0.0855. The number of benzene rings is 4. The number of hydrogen-bond donors (Lipinski definition) is 4. The van der Waals surface area contributed by atoms with Gasteiger partial charge in [0.15, 0.2) is 0 Å². The average molecular weight is 769 g/mol. The zero-order valence-electron chi connectivity index (χ0n) is 31.2. The molecule has 57 heavy (non-hydrogen) atoms. The molecule has 2 aromatic heterocycles. The molecular weight excluding hydrogens is 728 g/mol. The van der Waals surface area contributed by atoms with Gasteiger partial charge in [-0.05, 0) is 58.0 Å². The van der Waals surface area contributed by atoms with Crippen LogP contribution in [0.2, 0.25) is 0 Å². The first kappa shape index (κ1) is 37.1. The van der Waals surface area contributed by atoms with E-state index in [1.54, 1.807) is 41.6 Å². The molecule has 8 rings (SSSR count). The highest BCUT2D eigenvalue weighted by atomic mass is 19.1. The second kappa shape index (κ2) is 16.1. The highest BCUT2D eigenvalue weighted by Gasteiger charge is 2.41. The number of methoxy groups -OCH3 is 1. The van der Waals surface area contributed by atoms with Crippen molar-refractivity contribution in [2.45, 2.75) is 43.6 Å². The van der Waals surface area contributed by atoms with Gasteiger partial charge in [-0.3, -0.25) is 14.4 Å². The highest BCUT2D eigenvalue weighted by Crippen LogP contribution is 2.36. The number of amides is 4. The number of H-pyrrole nitrogens is 2. The van der Waals surface area contributed by atoms with Crippen molar-refractivity contribution < 1.29 is 28.3 Å². The summed E-state index contributed by atoms with van der Waals surface area (Å²) >= 11 is 0. The Hall–Kier alpha value is -6.83. The van der Waals surface area contributed by atoms with Crippen LogP contribution in [0.5, 0.6) is 0 Å². The Morgan fingerprint density at radius 2 is 1.47 bits per heavy atom. The Kier molecular flexibility index (Phi) is 10.5. The van der Waals surface area contributed by atoms with Crippen LogP contribution in [0.1, 0.15) is 54.6 Å². The number of ether oxygens (including phenoxy) is 1. The first-order chi connectivity index (χ1) is 27.8. The molecule has 0 bridgehead atoms. The van der Waals surface area contributed by atoms with Crippen LogP contribution in [0.4, 0.5) is 9.18 Å². The number of likely N-dealkylation sites (tertiary alicyclic amines) is 2. The maximum atomic E-state index is 14.8. The van der Waals surface area contributed by atoms with Crippen LogP contribution in [0.3, 0.4) is 0 Å². The zero-order valence-corrected chi connectivity index (χ0v) is 31.2. The van der Waals surface area contributed by atoms with Gasteiger partial charge in [0.05, 0.1) is 49.5 Å². The molecule has 4 N–H and O–H groups in total. The molecule has 290 valence electrons. The van der Waals surface area contributed by atoms with Crippen molar-refractivity contribution in [3.05, 3.63) is 121 Å². The summed E-state index contributed by atoms with van der Waals surface area (Å²) in [4.78, 5) is 68.5. The number of aromatic amines is 2. The molecule has 2 fully saturated rings. The smallest absolute Gasteiger partial charge is 0.407 e. The lowest BCUT2D eigenvalue weighted by atomic mass is 9.98. The van der Waals surface area contributed by atoms with Crippen LogP contribution in [0.25, 0.3) is 44.4 Å². The molecule has 6 aromatic rings. The van der Waals surface area contributed by atoms with E-state index in [0.29, 0.717) is 30.2 Å². The quantitative estimate of drug-likeness (QED) is 0.111. The normalized spacial score (nSPS) is 18.4. The van der Waals surface area contributed by atoms with Crippen molar-refractivity contribution in [1.29, 1.82) is 0 Å². The van der Waals surface area contributed by atoms with Gasteiger partial charge < -0.3 is 35.1 Å². The van der Waals surface area contributed by atoms with E-state index in [4.69, 9.17) is 0 Å². The van der Waals surface area contributed by atoms with Crippen molar-refractivity contribution in [1.82, 2.24) is 40.4 Å². The Morgan fingerprint density at radius 3 is 2.18 bits per heavy atom. The van der Waals surface area contributed by atoms with E-state index in [0.717, 1.165) is 57.3 Å². The van der Waals surface area contributed by atoms with Gasteiger partial charge in [-0.1, -0.05) is 78.9 Å². The van der Waals surface area contributed by atoms with Gasteiger partial charge in [0.2, 0.25) is 12.3 Å². The summed E-state index contributed by atoms with van der Waals surface area (Å²) in [6, 6.07) is 27.8. The van der Waals surface area contributed by atoms with E-state index < -0.39 is 30.3 Å². The first-order valence-electron chi connectivity index (χ1n) is 18.8. The van der Waals surface area contributed by atoms with Crippen molar-refractivity contribution in [3.8, 4) is 33.6 Å². The number of nitrogens with zero attached hydrogens (tertiary/aromatic N) is 4. The molecular formula is C43H41FN8O5. The number of nitrogens with one attached hydrogen (secondary N) is 4. The van der Waals surface area contributed by atoms with E-state index in [1.165, 1.54) is 12.0 Å². The lowest BCUT2D eigenvalue weighted by Gasteiger charge is -2.27. The van der Waals surface area contributed by atoms with E-state index >= 15 is 0 Å². The van der Waals surface area contributed by atoms with Crippen LogP contribution in [0, 0.1) is 0 Å². The molecule has 13 nitrogen and oxygen atoms in total. The van der Waals surface area contributed by atoms with Gasteiger partial charge in [0.1, 0.15) is 30.4 Å². The molecule has 0 spiro atoms. The Bertz CT molecular complexity index is 2420. The van der Waals surface area contributed by atoms with Crippen molar-refractivity contribution in [3.63, 3.8) is 0 Å². The van der Waals surface area contributed by atoms with E-state index in [-0.39, 0.29) is 31.5 Å². The topological polar surface area (TPSA) is 165 Å². The molecule has 0 aliphatic carbocycles. The first-order valence-corrected chi connectivity index (χ1v) is 18.8. The minimum Gasteiger partial charge on any atom is -0.453 e. The fraction of sp³-hybridized carbons (Fsp3) is 0.256. The summed E-state index contributed by atoms with van der Waals surface area (Å²) in [6.45, 7) is 0.376. The molecule has 4 unspecified atom stereocenters. The summed E-state index contributed by atoms with van der Waals surface area (Å²) in [6.07, 6.45) is 3.84. The van der Waals surface area contributed by atoms with Gasteiger partial charge in [-0.25, -0.2) is 19.2 Å². The van der Waals surface area contributed by atoms with Gasteiger partial charge in [0.25, 0.3) is 5.91 Å². The minimum atomic E-state index is -1.22. The summed E-state index contributed by atoms with van der Waals surface area (Å²) in [7, 11) is 1.26. The predicted molar refractivity (Wildman–Crippen MR) is 211 cm³/mol. The number of aromatic nitrogens is 4. The molecule has 2 saturated heterocycles. The summed E-state index contributed by atoms with van der Waals surface area (Å²) in [5.41, 5.74) is 6.16. The van der Waals surface area contributed by atoms with Crippen LogP contribution in [-0.2, 0) is 19.1 Å². The predicted octanol–water partition coefficient (Wildman–Crippen LogP) is 6.41. The number of hydrogen-bond acceptors (Lipinski definition) is 7. The zero-order chi connectivity index (χ0) is 39.5. The van der Waals surface area contributed by atoms with Crippen LogP contribution in [-0.4, -0.2) is 87.0 Å². The Balaban J connectivity index is 0.946. The monoisotopic (exact) mass is 768 g/mol. The molecule has 2 aliphatic heterocycles. The maximum Gasteiger partial charge on any atom is 0.407 e. The maximum absolute atomic E-state index is 14.8. The van der Waals surface area contributed by atoms with Gasteiger partial charge >= 0.3 is 6.09 Å². The second-order valence-corrected chi connectivity index (χ2v) is 14.3. The summed E-state index contributed by atoms with van der Waals surface area (Å²) < 4.78 is 19.4. The van der Waals surface area contributed by atoms with E-state index in [2.05, 4.69) is 65.6 Å². The third kappa shape index (κ3) is 7.70. The van der Waals surface area contributed by atoms with Crippen LogP contribution < -0.4 is 10.6 Å². The summed E-state index contributed by atoms with van der Waals surface area (Å²) in [5, 5.41) is 7.20. The molecule has 2 aliphatic rings. The van der Waals surface area contributed by atoms with Crippen molar-refractivity contribution in [2.24, 2.45) is 0 Å². The second-order valence-electron chi connectivity index (χ2n) is 14.3. The van der Waals surface area contributed by atoms with Crippen molar-refractivity contribution in [2.75, 3.05) is 26.7 Å². The number of imidazole rings is 2. The van der Waals surface area contributed by atoms with E-state index in [1.807, 2.05) is 36.4 Å². The largest absolute Gasteiger partial charge is 0.453 e. The SMILES string of the molecule is COC(=O)NCC(=O)N1CCCC1c1ncc(-c2ccc3cc(-c4ccc(-c5cnc(C6CC(F)CN6C(=O)C(NC=O)c6ccccc6)[nH]5)cc4)ccc3c2)[nH]1. The number of alkyl carbamates (subject to hydrolysis) is 1. The third-order valence-corrected chi connectivity index (χ3v) is 10.8.